The summed E-state index contributed by atoms with van der Waals surface area (Å²) in [5, 5.41) is 6.47. The van der Waals surface area contributed by atoms with Crippen LogP contribution in [0, 0.1) is 6.92 Å². The van der Waals surface area contributed by atoms with E-state index in [2.05, 4.69) is 33.8 Å². The van der Waals surface area contributed by atoms with Crippen molar-refractivity contribution >= 4 is 17.2 Å². The monoisotopic (exact) mass is 287 g/mol. The van der Waals surface area contributed by atoms with E-state index < -0.39 is 0 Å². The molecule has 4 nitrogen and oxygen atoms in total. The molecule has 0 fully saturated rings. The molecule has 0 radical (unpaired) electrons. The fraction of sp³-hybridized carbons (Fsp3) is 0.333. The summed E-state index contributed by atoms with van der Waals surface area (Å²) in [4.78, 5) is 16.9. The van der Waals surface area contributed by atoms with Crippen molar-refractivity contribution in [1.82, 2.24) is 15.6 Å². The number of benzene rings is 1. The number of thiazole rings is 1. The number of carbonyl (C=O) groups excluding carboxylic acids is 1. The van der Waals surface area contributed by atoms with Crippen LogP contribution in [0.2, 0.25) is 0 Å². The summed E-state index contributed by atoms with van der Waals surface area (Å²) < 4.78 is 0. The molecule has 0 aliphatic carbocycles. The Labute approximate surface area is 122 Å². The van der Waals surface area contributed by atoms with Crippen LogP contribution in [0.15, 0.2) is 29.8 Å². The van der Waals surface area contributed by atoms with E-state index in [1.165, 1.54) is 22.5 Å². The minimum absolute atomic E-state index is 0.0325. The molecule has 2 heterocycles. The molecule has 0 bridgehead atoms. The average molecular weight is 287 g/mol. The predicted molar refractivity (Wildman–Crippen MR) is 80.1 cm³/mol. The van der Waals surface area contributed by atoms with Crippen molar-refractivity contribution in [3.8, 4) is 0 Å². The van der Waals surface area contributed by atoms with E-state index in [0.717, 1.165) is 18.7 Å². The second-order valence-corrected chi connectivity index (χ2v) is 5.79. The van der Waals surface area contributed by atoms with E-state index in [9.17, 15) is 4.79 Å². The molecule has 0 spiro atoms. The van der Waals surface area contributed by atoms with Crippen LogP contribution in [0.1, 0.15) is 32.5 Å². The zero-order valence-corrected chi connectivity index (χ0v) is 12.2. The van der Waals surface area contributed by atoms with Gasteiger partial charge in [0.25, 0.3) is 5.91 Å². The van der Waals surface area contributed by atoms with Crippen molar-refractivity contribution in [2.24, 2.45) is 0 Å². The third-order valence-electron chi connectivity index (χ3n) is 3.63. The second-order valence-electron chi connectivity index (χ2n) is 4.93. The highest BCUT2D eigenvalue weighted by atomic mass is 32.1. The van der Waals surface area contributed by atoms with Crippen molar-refractivity contribution < 1.29 is 4.79 Å². The molecule has 1 aromatic heterocycles. The first-order chi connectivity index (χ1) is 9.75. The molecule has 20 heavy (non-hydrogen) atoms. The molecular weight excluding hydrogens is 270 g/mol. The van der Waals surface area contributed by atoms with Crippen LogP contribution in [0.4, 0.5) is 0 Å². The fourth-order valence-electron chi connectivity index (χ4n) is 2.57. The summed E-state index contributed by atoms with van der Waals surface area (Å²) in [7, 11) is 0. The number of aryl methyl sites for hydroxylation is 1. The van der Waals surface area contributed by atoms with Crippen LogP contribution in [0.3, 0.4) is 0 Å². The molecule has 1 aliphatic rings. The molecule has 0 saturated carbocycles. The number of rotatable bonds is 3. The Kier molecular flexibility index (Phi) is 3.80. The van der Waals surface area contributed by atoms with E-state index in [1.807, 2.05) is 13.0 Å². The number of carbonyl (C=O) groups is 1. The number of nitrogens with one attached hydrogen (secondary N) is 2. The number of hydrogen-bond donors (Lipinski definition) is 2. The third kappa shape index (κ3) is 2.59. The molecule has 3 rings (SSSR count). The van der Waals surface area contributed by atoms with Gasteiger partial charge in [-0.25, -0.2) is 4.98 Å². The van der Waals surface area contributed by atoms with Crippen molar-refractivity contribution in [1.29, 1.82) is 0 Å². The Morgan fingerprint density at radius 1 is 1.50 bits per heavy atom. The average Bonchev–Trinajstić information content (AvgIpc) is 2.91. The molecule has 2 N–H and O–H groups in total. The molecule has 1 aliphatic heterocycles. The van der Waals surface area contributed by atoms with Crippen LogP contribution in [0.5, 0.6) is 0 Å². The summed E-state index contributed by atoms with van der Waals surface area (Å²) in [6.45, 7) is 3.42. The Morgan fingerprint density at radius 2 is 2.35 bits per heavy atom. The lowest BCUT2D eigenvalue weighted by Gasteiger charge is -2.27. The molecule has 104 valence electrons. The molecule has 1 atom stereocenters. The minimum Gasteiger partial charge on any atom is -0.349 e. The largest absolute Gasteiger partial charge is 0.349 e. The molecule has 0 saturated heterocycles. The van der Waals surface area contributed by atoms with Crippen molar-refractivity contribution in [2.45, 2.75) is 19.4 Å². The van der Waals surface area contributed by atoms with Crippen LogP contribution < -0.4 is 10.6 Å². The Morgan fingerprint density at radius 3 is 3.15 bits per heavy atom. The van der Waals surface area contributed by atoms with Gasteiger partial charge in [0.05, 0.1) is 11.2 Å². The maximum Gasteiger partial charge on any atom is 0.263 e. The second kappa shape index (κ2) is 5.73. The SMILES string of the molecule is Cc1ncsc1C(=O)NCC1NCCc2ccccc21. The standard InChI is InChI=1S/C15H17N3OS/c1-10-14(20-9-18-10)15(19)17-8-13-12-5-3-2-4-11(12)6-7-16-13/h2-5,9,13,16H,6-8H2,1H3,(H,17,19). The lowest BCUT2D eigenvalue weighted by Crippen LogP contribution is -2.38. The number of fused-ring (bicyclic) bond motifs is 1. The van der Waals surface area contributed by atoms with E-state index in [4.69, 9.17) is 0 Å². The van der Waals surface area contributed by atoms with Crippen LogP contribution in [-0.4, -0.2) is 24.0 Å². The highest BCUT2D eigenvalue weighted by Gasteiger charge is 2.20. The van der Waals surface area contributed by atoms with Crippen molar-refractivity contribution in [3.05, 3.63) is 51.5 Å². The van der Waals surface area contributed by atoms with Crippen LogP contribution >= 0.6 is 11.3 Å². The van der Waals surface area contributed by atoms with Gasteiger partial charge in [0.2, 0.25) is 0 Å². The number of aromatic nitrogens is 1. The minimum atomic E-state index is -0.0325. The van der Waals surface area contributed by atoms with Gasteiger partial charge in [0.1, 0.15) is 4.88 Å². The van der Waals surface area contributed by atoms with Gasteiger partial charge >= 0.3 is 0 Å². The molecular formula is C15H17N3OS. The normalized spacial score (nSPS) is 17.6. The molecule has 1 amide bonds. The first kappa shape index (κ1) is 13.3. The summed E-state index contributed by atoms with van der Waals surface area (Å²) >= 11 is 1.39. The van der Waals surface area contributed by atoms with Gasteiger partial charge in [-0.05, 0) is 31.0 Å². The van der Waals surface area contributed by atoms with Crippen molar-refractivity contribution in [3.63, 3.8) is 0 Å². The van der Waals surface area contributed by atoms with E-state index in [0.29, 0.717) is 11.4 Å². The summed E-state index contributed by atoms with van der Waals surface area (Å²) in [6.07, 6.45) is 1.05. The van der Waals surface area contributed by atoms with Gasteiger partial charge in [-0.15, -0.1) is 11.3 Å². The smallest absolute Gasteiger partial charge is 0.263 e. The summed E-state index contributed by atoms with van der Waals surface area (Å²) in [6, 6.07) is 8.61. The van der Waals surface area contributed by atoms with E-state index in [-0.39, 0.29) is 11.9 Å². The fourth-order valence-corrected chi connectivity index (χ4v) is 3.29. The number of nitrogens with zero attached hydrogens (tertiary/aromatic N) is 1. The van der Waals surface area contributed by atoms with Gasteiger partial charge in [-0.2, -0.15) is 0 Å². The molecule has 2 aromatic rings. The summed E-state index contributed by atoms with van der Waals surface area (Å²) in [5.74, 6) is -0.0325. The lowest BCUT2D eigenvalue weighted by atomic mass is 9.94. The lowest BCUT2D eigenvalue weighted by molar-refractivity contribution is 0.0952. The molecule has 1 unspecified atom stereocenters. The third-order valence-corrected chi connectivity index (χ3v) is 4.56. The first-order valence-corrected chi connectivity index (χ1v) is 7.63. The van der Waals surface area contributed by atoms with Gasteiger partial charge < -0.3 is 10.6 Å². The van der Waals surface area contributed by atoms with Crippen LogP contribution in [-0.2, 0) is 6.42 Å². The summed E-state index contributed by atoms with van der Waals surface area (Å²) in [5.41, 5.74) is 5.17. The Balaban J connectivity index is 1.68. The van der Waals surface area contributed by atoms with Gasteiger partial charge in [0, 0.05) is 12.6 Å². The molecule has 1 aromatic carbocycles. The van der Waals surface area contributed by atoms with Crippen LogP contribution in [0.25, 0.3) is 0 Å². The number of amides is 1. The maximum absolute atomic E-state index is 12.1. The van der Waals surface area contributed by atoms with Crippen molar-refractivity contribution in [2.75, 3.05) is 13.1 Å². The Bertz CT molecular complexity index is 623. The van der Waals surface area contributed by atoms with Gasteiger partial charge in [-0.3, -0.25) is 4.79 Å². The number of hydrogen-bond acceptors (Lipinski definition) is 4. The topological polar surface area (TPSA) is 54.0 Å². The van der Waals surface area contributed by atoms with Gasteiger partial charge in [0.15, 0.2) is 0 Å². The zero-order chi connectivity index (χ0) is 13.9. The highest BCUT2D eigenvalue weighted by Crippen LogP contribution is 2.22. The maximum atomic E-state index is 12.1. The Hall–Kier alpha value is -1.72. The zero-order valence-electron chi connectivity index (χ0n) is 11.3. The van der Waals surface area contributed by atoms with E-state index in [1.54, 1.807) is 5.51 Å². The quantitative estimate of drug-likeness (QED) is 0.908. The first-order valence-electron chi connectivity index (χ1n) is 6.75. The van der Waals surface area contributed by atoms with Gasteiger partial charge in [-0.1, -0.05) is 24.3 Å². The highest BCUT2D eigenvalue weighted by molar-refractivity contribution is 7.11. The molecule has 5 heteroatoms. The predicted octanol–water partition coefficient (Wildman–Crippen LogP) is 2.07. The van der Waals surface area contributed by atoms with E-state index >= 15 is 0 Å².